The molecule has 1 N–H and O–H groups in total. The molecule has 0 fully saturated rings. The lowest BCUT2D eigenvalue weighted by Gasteiger charge is -2.19. The van der Waals surface area contributed by atoms with Crippen LogP contribution in [0.15, 0.2) is 80.7 Å². The summed E-state index contributed by atoms with van der Waals surface area (Å²) >= 11 is 7.33. The fourth-order valence-corrected chi connectivity index (χ4v) is 4.33. The lowest BCUT2D eigenvalue weighted by atomic mass is 10.1. The maximum atomic E-state index is 12.6. The molecule has 2 aliphatic heterocycles. The molecule has 2 aliphatic rings. The van der Waals surface area contributed by atoms with E-state index in [1.165, 1.54) is 22.8 Å². The van der Waals surface area contributed by atoms with Crippen LogP contribution in [-0.4, -0.2) is 27.0 Å². The fraction of sp³-hybridized carbons (Fsp3) is 0.0435. The first-order valence-corrected chi connectivity index (χ1v) is 10.6. The van der Waals surface area contributed by atoms with Crippen LogP contribution in [0.2, 0.25) is 5.02 Å². The first-order chi connectivity index (χ1) is 15.0. The molecule has 2 aromatic carbocycles. The summed E-state index contributed by atoms with van der Waals surface area (Å²) in [5, 5.41) is 16.1. The van der Waals surface area contributed by atoms with Crippen LogP contribution >= 0.6 is 23.4 Å². The quantitative estimate of drug-likeness (QED) is 0.533. The van der Waals surface area contributed by atoms with Gasteiger partial charge in [0, 0.05) is 16.1 Å². The van der Waals surface area contributed by atoms with Crippen molar-refractivity contribution in [3.05, 3.63) is 88.1 Å². The monoisotopic (exact) mass is 446 g/mol. The second-order valence-corrected chi connectivity index (χ2v) is 8.40. The number of thioether (sulfide) groups is 1. The minimum Gasteiger partial charge on any atom is -0.457 e. The number of hydrazone groups is 1. The Hall–Kier alpha value is -3.42. The molecule has 0 saturated carbocycles. The lowest BCUT2D eigenvalue weighted by Crippen LogP contribution is -2.35. The van der Waals surface area contributed by atoms with E-state index >= 15 is 0 Å². The molecule has 31 heavy (non-hydrogen) atoms. The first kappa shape index (κ1) is 19.5. The molecule has 3 aromatic rings. The number of rotatable bonds is 3. The van der Waals surface area contributed by atoms with Crippen molar-refractivity contribution in [3.8, 4) is 11.3 Å². The number of carbonyl (C=O) groups is 1. The molecule has 0 bridgehead atoms. The molecule has 5 rings (SSSR count). The van der Waals surface area contributed by atoms with Gasteiger partial charge in [-0.2, -0.15) is 15.1 Å². The molecule has 6 nitrogen and oxygen atoms in total. The van der Waals surface area contributed by atoms with Crippen molar-refractivity contribution in [2.45, 2.75) is 6.92 Å². The highest BCUT2D eigenvalue weighted by Crippen LogP contribution is 2.32. The summed E-state index contributed by atoms with van der Waals surface area (Å²) in [6.07, 6.45) is 1.52. The van der Waals surface area contributed by atoms with Gasteiger partial charge in [0.2, 0.25) is 5.17 Å². The standard InChI is InChI=1S/C23H15ClN4O2S/c1-13-4-2-6-15(10-13)22-27-28-20(25)18(21(29)26-23(28)31-22)12-17-8-9-19(30-17)14-5-3-7-16(24)11-14/h2-12,25H,1H3. The lowest BCUT2D eigenvalue weighted by molar-refractivity contribution is -0.114. The Morgan fingerprint density at radius 3 is 2.71 bits per heavy atom. The number of aryl methyl sites for hydroxylation is 1. The summed E-state index contributed by atoms with van der Waals surface area (Å²) in [6.45, 7) is 2.00. The number of nitrogens with one attached hydrogen (secondary N) is 1. The number of nitrogens with zero attached hydrogens (tertiary/aromatic N) is 3. The summed E-state index contributed by atoms with van der Waals surface area (Å²) in [7, 11) is 0. The van der Waals surface area contributed by atoms with Gasteiger partial charge in [0.15, 0.2) is 5.84 Å². The molecule has 0 radical (unpaired) electrons. The molecule has 8 heteroatoms. The van der Waals surface area contributed by atoms with E-state index in [0.29, 0.717) is 26.8 Å². The van der Waals surface area contributed by atoms with Gasteiger partial charge >= 0.3 is 0 Å². The number of furan rings is 1. The summed E-state index contributed by atoms with van der Waals surface area (Å²) in [4.78, 5) is 16.8. The second-order valence-electron chi connectivity index (χ2n) is 7.01. The Kier molecular flexibility index (Phi) is 4.84. The predicted octanol–water partition coefficient (Wildman–Crippen LogP) is 5.58. The summed E-state index contributed by atoms with van der Waals surface area (Å²) in [6, 6.07) is 18.7. The van der Waals surface area contributed by atoms with Crippen LogP contribution in [0.5, 0.6) is 0 Å². The number of amides is 1. The molecular formula is C23H15ClN4O2S. The van der Waals surface area contributed by atoms with Gasteiger partial charge in [-0.3, -0.25) is 10.2 Å². The fourth-order valence-electron chi connectivity index (χ4n) is 3.26. The number of halogens is 1. The van der Waals surface area contributed by atoms with Crippen LogP contribution in [0.25, 0.3) is 17.4 Å². The summed E-state index contributed by atoms with van der Waals surface area (Å²) in [5.41, 5.74) is 2.97. The van der Waals surface area contributed by atoms with Crippen LogP contribution in [0.4, 0.5) is 0 Å². The minimum atomic E-state index is -0.495. The van der Waals surface area contributed by atoms with Crippen LogP contribution in [0.3, 0.4) is 0 Å². The van der Waals surface area contributed by atoms with Gasteiger partial charge < -0.3 is 4.42 Å². The third kappa shape index (κ3) is 3.73. The molecule has 0 unspecified atom stereocenters. The van der Waals surface area contributed by atoms with Crippen molar-refractivity contribution < 1.29 is 9.21 Å². The van der Waals surface area contributed by atoms with E-state index in [1.807, 2.05) is 43.3 Å². The third-order valence-corrected chi connectivity index (χ3v) is 5.93. The van der Waals surface area contributed by atoms with E-state index in [0.717, 1.165) is 16.7 Å². The number of benzene rings is 2. The van der Waals surface area contributed by atoms with Gasteiger partial charge in [-0.15, -0.1) is 0 Å². The average Bonchev–Trinajstić information content (AvgIpc) is 3.38. The predicted molar refractivity (Wildman–Crippen MR) is 124 cm³/mol. The Morgan fingerprint density at radius 2 is 1.90 bits per heavy atom. The molecule has 152 valence electrons. The van der Waals surface area contributed by atoms with Crippen molar-refractivity contribution in [1.82, 2.24) is 5.01 Å². The molecule has 0 saturated heterocycles. The average molecular weight is 447 g/mol. The smallest absolute Gasteiger partial charge is 0.283 e. The van der Waals surface area contributed by atoms with E-state index < -0.39 is 5.91 Å². The number of hydrogen-bond acceptors (Lipinski definition) is 5. The van der Waals surface area contributed by atoms with E-state index in [-0.39, 0.29) is 11.4 Å². The van der Waals surface area contributed by atoms with E-state index in [2.05, 4.69) is 10.1 Å². The highest BCUT2D eigenvalue weighted by Gasteiger charge is 2.36. The zero-order valence-electron chi connectivity index (χ0n) is 16.3. The Bertz CT molecular complexity index is 1340. The van der Waals surface area contributed by atoms with E-state index in [4.69, 9.17) is 21.4 Å². The number of fused-ring (bicyclic) bond motifs is 1. The van der Waals surface area contributed by atoms with Crippen LogP contribution in [0, 0.1) is 12.3 Å². The molecule has 1 aromatic heterocycles. The second kappa shape index (κ2) is 7.68. The Morgan fingerprint density at radius 1 is 1.10 bits per heavy atom. The van der Waals surface area contributed by atoms with Gasteiger partial charge in [-0.1, -0.05) is 47.5 Å². The van der Waals surface area contributed by atoms with Gasteiger partial charge in [-0.05, 0) is 55.1 Å². The van der Waals surface area contributed by atoms with Gasteiger partial charge in [0.05, 0.1) is 5.57 Å². The molecule has 0 aliphatic carbocycles. The number of hydrogen-bond donors (Lipinski definition) is 1. The molecule has 0 atom stereocenters. The van der Waals surface area contributed by atoms with Crippen molar-refractivity contribution in [1.29, 1.82) is 5.41 Å². The zero-order chi connectivity index (χ0) is 21.5. The number of carbonyl (C=O) groups excluding carboxylic acids is 1. The first-order valence-electron chi connectivity index (χ1n) is 9.41. The molecule has 3 heterocycles. The van der Waals surface area contributed by atoms with Crippen LogP contribution in [0.1, 0.15) is 16.9 Å². The Labute approximate surface area is 187 Å². The van der Waals surface area contributed by atoms with E-state index in [9.17, 15) is 4.79 Å². The van der Waals surface area contributed by atoms with E-state index in [1.54, 1.807) is 24.3 Å². The van der Waals surface area contributed by atoms with Crippen molar-refractivity contribution in [2.75, 3.05) is 0 Å². The topological polar surface area (TPSA) is 82.0 Å². The highest BCUT2D eigenvalue weighted by atomic mass is 35.5. The zero-order valence-corrected chi connectivity index (χ0v) is 17.9. The SMILES string of the molecule is Cc1cccc(C2=NN3C(=N)C(=Cc4ccc(-c5cccc(Cl)c5)o4)C(=O)N=C3S2)c1. The van der Waals surface area contributed by atoms with Crippen LogP contribution in [-0.2, 0) is 4.79 Å². The summed E-state index contributed by atoms with van der Waals surface area (Å²) < 4.78 is 5.85. The number of amidine groups is 2. The van der Waals surface area contributed by atoms with Gasteiger partial charge in [0.1, 0.15) is 16.6 Å². The maximum absolute atomic E-state index is 12.6. The maximum Gasteiger partial charge on any atom is 0.283 e. The number of aliphatic imine (C=N–C) groups is 1. The van der Waals surface area contributed by atoms with Crippen LogP contribution < -0.4 is 0 Å². The minimum absolute atomic E-state index is 0.0362. The molecular weight excluding hydrogens is 432 g/mol. The highest BCUT2D eigenvalue weighted by molar-refractivity contribution is 8.27. The summed E-state index contributed by atoms with van der Waals surface area (Å²) in [5.74, 6) is 0.525. The molecule has 0 spiro atoms. The Balaban J connectivity index is 1.45. The van der Waals surface area contributed by atoms with Gasteiger partial charge in [-0.25, -0.2) is 0 Å². The molecule has 1 amide bonds. The van der Waals surface area contributed by atoms with Gasteiger partial charge in [0.25, 0.3) is 5.91 Å². The van der Waals surface area contributed by atoms with Crippen molar-refractivity contribution >= 4 is 51.4 Å². The van der Waals surface area contributed by atoms with Crippen molar-refractivity contribution in [3.63, 3.8) is 0 Å². The normalized spacial score (nSPS) is 17.1. The third-order valence-electron chi connectivity index (χ3n) is 4.74. The largest absolute Gasteiger partial charge is 0.457 e. The van der Waals surface area contributed by atoms with Crippen molar-refractivity contribution in [2.24, 2.45) is 10.1 Å².